The van der Waals surface area contributed by atoms with E-state index >= 15 is 0 Å². The molecule has 4 aromatic rings. The third-order valence-corrected chi connectivity index (χ3v) is 6.14. The topological polar surface area (TPSA) is 128 Å². The second-order valence-corrected chi connectivity index (χ2v) is 8.95. The summed E-state index contributed by atoms with van der Waals surface area (Å²) in [5.74, 6) is 0.347. The molecule has 1 aromatic heterocycles. The molecule has 0 aliphatic carbocycles. The number of nitrogens with two attached hydrogens (primary N) is 2. The Balaban J connectivity index is 1.42. The zero-order valence-electron chi connectivity index (χ0n) is 17.2. The number of nitrogens with one attached hydrogen (secondary N) is 1. The molecular weight excluding hydrogens is 424 g/mol. The van der Waals surface area contributed by atoms with Crippen molar-refractivity contribution in [2.75, 3.05) is 11.1 Å². The van der Waals surface area contributed by atoms with Gasteiger partial charge in [0.15, 0.2) is 0 Å². The normalized spacial score (nSPS) is 11.4. The number of pyridine rings is 1. The van der Waals surface area contributed by atoms with Crippen LogP contribution in [0.4, 0.5) is 11.5 Å². The van der Waals surface area contributed by atoms with Gasteiger partial charge in [-0.1, -0.05) is 42.5 Å². The Morgan fingerprint density at radius 1 is 0.969 bits per heavy atom. The summed E-state index contributed by atoms with van der Waals surface area (Å²) in [5.41, 5.74) is 8.77. The van der Waals surface area contributed by atoms with Crippen molar-refractivity contribution in [2.24, 2.45) is 5.14 Å². The van der Waals surface area contributed by atoms with Crippen LogP contribution < -0.4 is 16.2 Å². The molecule has 0 radical (unpaired) electrons. The summed E-state index contributed by atoms with van der Waals surface area (Å²) in [6.45, 7) is 0. The minimum atomic E-state index is -3.84. The molecule has 0 spiro atoms. The molecular formula is C24H22N4O3S. The predicted molar refractivity (Wildman–Crippen MR) is 126 cm³/mol. The molecule has 5 N–H and O–H groups in total. The fourth-order valence-corrected chi connectivity index (χ4v) is 4.32. The number of amides is 1. The van der Waals surface area contributed by atoms with Gasteiger partial charge in [0.2, 0.25) is 15.9 Å². The van der Waals surface area contributed by atoms with Crippen LogP contribution in [-0.4, -0.2) is 19.3 Å². The monoisotopic (exact) mass is 446 g/mol. The number of rotatable bonds is 6. The zero-order valence-corrected chi connectivity index (χ0v) is 18.0. The summed E-state index contributed by atoms with van der Waals surface area (Å²) in [7, 11) is -3.84. The van der Waals surface area contributed by atoms with E-state index in [4.69, 9.17) is 10.9 Å². The molecule has 0 saturated carbocycles. The lowest BCUT2D eigenvalue weighted by Gasteiger charge is -2.10. The van der Waals surface area contributed by atoms with E-state index in [-0.39, 0.29) is 10.8 Å². The van der Waals surface area contributed by atoms with Gasteiger partial charge in [-0.2, -0.15) is 0 Å². The van der Waals surface area contributed by atoms with Crippen LogP contribution in [0.5, 0.6) is 0 Å². The molecule has 0 unspecified atom stereocenters. The lowest BCUT2D eigenvalue weighted by atomic mass is 10.0. The number of aromatic nitrogens is 1. The van der Waals surface area contributed by atoms with Crippen LogP contribution in [-0.2, 0) is 21.2 Å². The Kier molecular flexibility index (Phi) is 5.89. The number of hydrogen-bond donors (Lipinski definition) is 3. The fraction of sp³-hybridized carbons (Fsp3) is 0.0833. The highest BCUT2D eigenvalue weighted by Crippen LogP contribution is 2.27. The fourth-order valence-electron chi connectivity index (χ4n) is 3.56. The number of carbonyl (C=O) groups excluding carboxylic acids is 1. The zero-order chi connectivity index (χ0) is 22.7. The highest BCUT2D eigenvalue weighted by atomic mass is 32.2. The van der Waals surface area contributed by atoms with Gasteiger partial charge in [-0.25, -0.2) is 18.5 Å². The number of hydrogen-bond acceptors (Lipinski definition) is 5. The Morgan fingerprint density at radius 2 is 1.72 bits per heavy atom. The first-order valence-electron chi connectivity index (χ1n) is 9.96. The first-order chi connectivity index (χ1) is 15.3. The summed E-state index contributed by atoms with van der Waals surface area (Å²) < 4.78 is 23.7. The van der Waals surface area contributed by atoms with Crippen molar-refractivity contribution in [3.63, 3.8) is 0 Å². The van der Waals surface area contributed by atoms with Crippen molar-refractivity contribution in [2.45, 2.75) is 17.7 Å². The van der Waals surface area contributed by atoms with Crippen LogP contribution in [0.15, 0.2) is 83.9 Å². The van der Waals surface area contributed by atoms with Crippen molar-refractivity contribution in [1.82, 2.24) is 4.98 Å². The standard InChI is InChI=1S/C24H22N4O3S/c25-24-21-15-16(5-7-18(21)13-14-27-24)6-12-23(29)28-19-10-8-17(9-11-19)20-3-1-2-4-22(20)32(26,30)31/h1-5,7-11,13-15H,6,12H2,(H2,25,27)(H,28,29)(H2,26,30,31). The van der Waals surface area contributed by atoms with E-state index in [1.807, 2.05) is 24.3 Å². The first kappa shape index (κ1) is 21.5. The summed E-state index contributed by atoms with van der Waals surface area (Å²) in [6.07, 6.45) is 2.54. The quantitative estimate of drug-likeness (QED) is 0.416. The summed E-state index contributed by atoms with van der Waals surface area (Å²) >= 11 is 0. The highest BCUT2D eigenvalue weighted by Gasteiger charge is 2.14. The van der Waals surface area contributed by atoms with Gasteiger partial charge in [0.1, 0.15) is 5.82 Å². The molecule has 1 heterocycles. The number of fused-ring (bicyclic) bond motifs is 1. The lowest BCUT2D eigenvalue weighted by Crippen LogP contribution is -2.13. The number of benzene rings is 3. The van der Waals surface area contributed by atoms with Gasteiger partial charge in [0.05, 0.1) is 4.90 Å². The summed E-state index contributed by atoms with van der Waals surface area (Å²) in [6, 6.07) is 21.3. The van der Waals surface area contributed by atoms with Crippen LogP contribution in [0.1, 0.15) is 12.0 Å². The van der Waals surface area contributed by atoms with Crippen molar-refractivity contribution in [1.29, 1.82) is 0 Å². The number of sulfonamides is 1. The molecule has 32 heavy (non-hydrogen) atoms. The summed E-state index contributed by atoms with van der Waals surface area (Å²) in [4.78, 5) is 16.6. The average molecular weight is 447 g/mol. The molecule has 8 heteroatoms. The number of aryl methyl sites for hydroxylation is 1. The maximum Gasteiger partial charge on any atom is 0.238 e. The van der Waals surface area contributed by atoms with E-state index in [1.165, 1.54) is 6.07 Å². The van der Waals surface area contributed by atoms with Gasteiger partial charge in [0.25, 0.3) is 0 Å². The molecule has 1 amide bonds. The second kappa shape index (κ2) is 8.78. The number of primary sulfonamides is 1. The third-order valence-electron chi connectivity index (χ3n) is 5.18. The average Bonchev–Trinajstić information content (AvgIpc) is 2.78. The highest BCUT2D eigenvalue weighted by molar-refractivity contribution is 7.89. The maximum atomic E-state index is 12.4. The third kappa shape index (κ3) is 4.77. The van der Waals surface area contributed by atoms with Crippen LogP contribution in [0.25, 0.3) is 21.9 Å². The van der Waals surface area contributed by atoms with Crippen LogP contribution in [0.2, 0.25) is 0 Å². The SMILES string of the molecule is Nc1nccc2ccc(CCC(=O)Nc3ccc(-c4ccccc4S(N)(=O)=O)cc3)cc12. The van der Waals surface area contributed by atoms with Gasteiger partial charge in [-0.15, -0.1) is 0 Å². The van der Waals surface area contributed by atoms with E-state index in [0.29, 0.717) is 35.5 Å². The number of nitrogens with zero attached hydrogens (tertiary/aromatic N) is 1. The molecule has 162 valence electrons. The molecule has 3 aromatic carbocycles. The van der Waals surface area contributed by atoms with E-state index < -0.39 is 10.0 Å². The molecule has 0 aliphatic heterocycles. The van der Waals surface area contributed by atoms with Crippen molar-refractivity contribution in [3.05, 3.63) is 84.6 Å². The molecule has 0 atom stereocenters. The van der Waals surface area contributed by atoms with Crippen LogP contribution in [0.3, 0.4) is 0 Å². The molecule has 0 saturated heterocycles. The van der Waals surface area contributed by atoms with Crippen LogP contribution >= 0.6 is 0 Å². The molecule has 0 bridgehead atoms. The first-order valence-corrected chi connectivity index (χ1v) is 11.5. The number of nitrogen functional groups attached to an aromatic ring is 1. The van der Waals surface area contributed by atoms with Crippen molar-refractivity contribution >= 4 is 38.2 Å². The maximum absolute atomic E-state index is 12.4. The van der Waals surface area contributed by atoms with E-state index in [9.17, 15) is 13.2 Å². The Morgan fingerprint density at radius 3 is 2.47 bits per heavy atom. The van der Waals surface area contributed by atoms with E-state index in [2.05, 4.69) is 10.3 Å². The Labute approximate surface area is 186 Å². The minimum Gasteiger partial charge on any atom is -0.383 e. The van der Waals surface area contributed by atoms with Gasteiger partial charge in [-0.3, -0.25) is 4.79 Å². The predicted octanol–water partition coefficient (Wildman–Crippen LogP) is 3.70. The van der Waals surface area contributed by atoms with Gasteiger partial charge in [0, 0.05) is 29.3 Å². The van der Waals surface area contributed by atoms with Crippen molar-refractivity contribution < 1.29 is 13.2 Å². The number of anilines is 2. The Hall–Kier alpha value is -3.75. The van der Waals surface area contributed by atoms with E-state index in [1.54, 1.807) is 48.7 Å². The molecule has 4 rings (SSSR count). The number of carbonyl (C=O) groups is 1. The summed E-state index contributed by atoms with van der Waals surface area (Å²) in [5, 5.41) is 10.1. The smallest absolute Gasteiger partial charge is 0.238 e. The minimum absolute atomic E-state index is 0.0583. The van der Waals surface area contributed by atoms with Gasteiger partial charge < -0.3 is 11.1 Å². The largest absolute Gasteiger partial charge is 0.383 e. The van der Waals surface area contributed by atoms with Crippen molar-refractivity contribution in [3.8, 4) is 11.1 Å². The lowest BCUT2D eigenvalue weighted by molar-refractivity contribution is -0.116. The van der Waals surface area contributed by atoms with E-state index in [0.717, 1.165) is 16.3 Å². The Bertz CT molecular complexity index is 1400. The van der Waals surface area contributed by atoms with Gasteiger partial charge in [-0.05, 0) is 53.3 Å². The molecule has 7 nitrogen and oxygen atoms in total. The van der Waals surface area contributed by atoms with Crippen LogP contribution in [0, 0.1) is 0 Å². The molecule has 0 aliphatic rings. The second-order valence-electron chi connectivity index (χ2n) is 7.42. The molecule has 0 fully saturated rings. The van der Waals surface area contributed by atoms with Gasteiger partial charge >= 0.3 is 0 Å².